The average molecular weight is 304 g/mol. The maximum absolute atomic E-state index is 4.41. The highest BCUT2D eigenvalue weighted by Crippen LogP contribution is 2.34. The minimum absolute atomic E-state index is 0.346. The Morgan fingerprint density at radius 3 is 2.70 bits per heavy atom. The minimum atomic E-state index is 0.346. The van der Waals surface area contributed by atoms with Crippen molar-refractivity contribution >= 4 is 0 Å². The predicted molar refractivity (Wildman–Crippen MR) is 90.3 cm³/mol. The van der Waals surface area contributed by atoms with Crippen LogP contribution in [0.5, 0.6) is 0 Å². The van der Waals surface area contributed by atoms with Gasteiger partial charge in [0.15, 0.2) is 5.82 Å². The van der Waals surface area contributed by atoms with E-state index in [1.165, 1.54) is 11.1 Å². The summed E-state index contributed by atoms with van der Waals surface area (Å²) in [6.45, 7) is 4.19. The molecule has 1 aromatic heterocycles. The summed E-state index contributed by atoms with van der Waals surface area (Å²) >= 11 is 0. The summed E-state index contributed by atoms with van der Waals surface area (Å²) < 4.78 is 2.12. The molecule has 0 bridgehead atoms. The largest absolute Gasteiger partial charge is 0.289 e. The molecule has 0 saturated carbocycles. The van der Waals surface area contributed by atoms with Crippen LogP contribution in [0, 0.1) is 6.92 Å². The van der Waals surface area contributed by atoms with Crippen LogP contribution in [0.2, 0.25) is 0 Å². The molecule has 1 aliphatic heterocycles. The molecular formula is C19H20N4. The van der Waals surface area contributed by atoms with Crippen molar-refractivity contribution in [2.75, 3.05) is 6.54 Å². The second-order valence-corrected chi connectivity index (χ2v) is 6.16. The van der Waals surface area contributed by atoms with E-state index in [2.05, 4.69) is 81.2 Å². The van der Waals surface area contributed by atoms with Crippen molar-refractivity contribution in [3.05, 3.63) is 77.9 Å². The zero-order chi connectivity index (χ0) is 15.6. The Morgan fingerprint density at radius 1 is 1.09 bits per heavy atom. The molecule has 4 nitrogen and oxygen atoms in total. The molecule has 2 aromatic carbocycles. The molecule has 0 unspecified atom stereocenters. The maximum Gasteiger partial charge on any atom is 0.154 e. The molecule has 2 heterocycles. The van der Waals surface area contributed by atoms with Gasteiger partial charge >= 0.3 is 0 Å². The molecule has 4 heteroatoms. The van der Waals surface area contributed by atoms with Crippen LogP contribution in [0.4, 0.5) is 0 Å². The topological polar surface area (TPSA) is 34.0 Å². The van der Waals surface area contributed by atoms with Crippen LogP contribution in [-0.4, -0.2) is 26.2 Å². The number of nitrogens with zero attached hydrogens (tertiary/aromatic N) is 4. The maximum atomic E-state index is 4.41. The van der Waals surface area contributed by atoms with Gasteiger partial charge in [-0.1, -0.05) is 42.5 Å². The molecule has 0 amide bonds. The third kappa shape index (κ3) is 2.78. The van der Waals surface area contributed by atoms with Crippen LogP contribution in [0.25, 0.3) is 5.69 Å². The summed E-state index contributed by atoms with van der Waals surface area (Å²) in [4.78, 5) is 2.46. The van der Waals surface area contributed by atoms with Gasteiger partial charge in [-0.15, -0.1) is 10.2 Å². The summed E-state index contributed by atoms with van der Waals surface area (Å²) in [5.74, 6) is 1.04. The van der Waals surface area contributed by atoms with Gasteiger partial charge in [-0.3, -0.25) is 9.47 Å². The van der Waals surface area contributed by atoms with E-state index in [4.69, 9.17) is 0 Å². The van der Waals surface area contributed by atoms with E-state index in [1.807, 2.05) is 6.33 Å². The van der Waals surface area contributed by atoms with Crippen molar-refractivity contribution in [3.63, 3.8) is 0 Å². The van der Waals surface area contributed by atoms with E-state index in [0.717, 1.165) is 31.0 Å². The number of aryl methyl sites for hydroxylation is 1. The Kier molecular flexibility index (Phi) is 3.67. The molecule has 0 spiro atoms. The summed E-state index contributed by atoms with van der Waals surface area (Å²) in [6.07, 6.45) is 2.96. The standard InChI is InChI=1S/C19H20N4/c1-15-6-5-9-17(12-15)23-14-20-21-19(23)18-10-11-22(18)13-16-7-3-2-4-8-16/h2-9,12,14,18H,10-11,13H2,1H3/t18-/m0/s1. The van der Waals surface area contributed by atoms with Crippen molar-refractivity contribution in [2.24, 2.45) is 0 Å². The van der Waals surface area contributed by atoms with Crippen LogP contribution in [0.3, 0.4) is 0 Å². The average Bonchev–Trinajstić information content (AvgIpc) is 3.01. The SMILES string of the molecule is Cc1cccc(-n2cnnc2[C@@H]2CCN2Cc2ccccc2)c1. The van der Waals surface area contributed by atoms with Gasteiger partial charge in [-0.25, -0.2) is 0 Å². The molecule has 3 aromatic rings. The molecule has 1 fully saturated rings. The van der Waals surface area contributed by atoms with Gasteiger partial charge in [0.05, 0.1) is 6.04 Å². The van der Waals surface area contributed by atoms with Gasteiger partial charge in [0.2, 0.25) is 0 Å². The van der Waals surface area contributed by atoms with E-state index >= 15 is 0 Å². The first-order valence-electron chi connectivity index (χ1n) is 8.06. The number of hydrogen-bond acceptors (Lipinski definition) is 3. The number of aromatic nitrogens is 3. The highest BCUT2D eigenvalue weighted by atomic mass is 15.3. The third-order valence-electron chi connectivity index (χ3n) is 4.51. The molecule has 1 atom stereocenters. The molecule has 4 rings (SSSR count). The van der Waals surface area contributed by atoms with Crippen molar-refractivity contribution in [2.45, 2.75) is 25.9 Å². The molecule has 0 aliphatic carbocycles. The minimum Gasteiger partial charge on any atom is -0.289 e. The third-order valence-corrected chi connectivity index (χ3v) is 4.51. The summed E-state index contributed by atoms with van der Waals surface area (Å²) in [6, 6.07) is 19.4. The van der Waals surface area contributed by atoms with E-state index < -0.39 is 0 Å². The van der Waals surface area contributed by atoms with Gasteiger partial charge < -0.3 is 0 Å². The van der Waals surface area contributed by atoms with Crippen molar-refractivity contribution in [1.29, 1.82) is 0 Å². The highest BCUT2D eigenvalue weighted by Gasteiger charge is 2.33. The predicted octanol–water partition coefficient (Wildman–Crippen LogP) is 3.52. The van der Waals surface area contributed by atoms with Gasteiger partial charge in [0.1, 0.15) is 6.33 Å². The molecule has 23 heavy (non-hydrogen) atoms. The molecule has 1 aliphatic rings. The number of benzene rings is 2. The van der Waals surface area contributed by atoms with E-state index in [9.17, 15) is 0 Å². The molecular weight excluding hydrogens is 284 g/mol. The first-order chi connectivity index (χ1) is 11.3. The lowest BCUT2D eigenvalue weighted by Gasteiger charge is -2.40. The first kappa shape index (κ1) is 14.2. The Bertz CT molecular complexity index is 794. The van der Waals surface area contributed by atoms with Crippen LogP contribution in [-0.2, 0) is 6.54 Å². The fourth-order valence-electron chi connectivity index (χ4n) is 3.19. The Labute approximate surface area is 136 Å². The van der Waals surface area contributed by atoms with Gasteiger partial charge in [-0.2, -0.15) is 0 Å². The lowest BCUT2D eigenvalue weighted by Crippen LogP contribution is -2.41. The van der Waals surface area contributed by atoms with Crippen LogP contribution < -0.4 is 0 Å². The Hall–Kier alpha value is -2.46. The first-order valence-corrected chi connectivity index (χ1v) is 8.06. The molecule has 1 saturated heterocycles. The normalized spacial score (nSPS) is 17.9. The Morgan fingerprint density at radius 2 is 1.96 bits per heavy atom. The fourth-order valence-corrected chi connectivity index (χ4v) is 3.19. The monoisotopic (exact) mass is 304 g/mol. The quantitative estimate of drug-likeness (QED) is 0.739. The molecule has 0 radical (unpaired) electrons. The summed E-state index contributed by atoms with van der Waals surface area (Å²) in [7, 11) is 0. The van der Waals surface area contributed by atoms with Crippen molar-refractivity contribution in [3.8, 4) is 5.69 Å². The summed E-state index contributed by atoms with van der Waals surface area (Å²) in [5.41, 5.74) is 3.73. The summed E-state index contributed by atoms with van der Waals surface area (Å²) in [5, 5.41) is 8.57. The Balaban J connectivity index is 1.58. The van der Waals surface area contributed by atoms with Crippen molar-refractivity contribution in [1.82, 2.24) is 19.7 Å². The fraction of sp³-hybridized carbons (Fsp3) is 0.263. The molecule has 0 N–H and O–H groups in total. The smallest absolute Gasteiger partial charge is 0.154 e. The van der Waals surface area contributed by atoms with Crippen LogP contribution >= 0.6 is 0 Å². The van der Waals surface area contributed by atoms with Gasteiger partial charge in [0.25, 0.3) is 0 Å². The lowest BCUT2D eigenvalue weighted by molar-refractivity contribution is 0.0739. The number of hydrogen-bond donors (Lipinski definition) is 0. The van der Waals surface area contributed by atoms with E-state index in [-0.39, 0.29) is 0 Å². The zero-order valence-electron chi connectivity index (χ0n) is 13.3. The van der Waals surface area contributed by atoms with Gasteiger partial charge in [-0.05, 0) is 36.6 Å². The van der Waals surface area contributed by atoms with Gasteiger partial charge in [0, 0.05) is 18.8 Å². The van der Waals surface area contributed by atoms with Crippen LogP contribution in [0.1, 0.15) is 29.4 Å². The highest BCUT2D eigenvalue weighted by molar-refractivity contribution is 5.36. The van der Waals surface area contributed by atoms with E-state index in [0.29, 0.717) is 6.04 Å². The lowest BCUT2D eigenvalue weighted by atomic mass is 10.0. The number of likely N-dealkylation sites (tertiary alicyclic amines) is 1. The second kappa shape index (κ2) is 5.97. The zero-order valence-corrected chi connectivity index (χ0v) is 13.3. The van der Waals surface area contributed by atoms with Crippen LogP contribution in [0.15, 0.2) is 60.9 Å². The second-order valence-electron chi connectivity index (χ2n) is 6.16. The number of rotatable bonds is 4. The van der Waals surface area contributed by atoms with Crippen molar-refractivity contribution < 1.29 is 0 Å². The molecule has 116 valence electrons. The van der Waals surface area contributed by atoms with E-state index in [1.54, 1.807) is 0 Å².